The van der Waals surface area contributed by atoms with Gasteiger partial charge in [-0.2, -0.15) is 11.3 Å². The molecule has 1 atom stereocenters. The average Bonchev–Trinajstić information content (AvgIpc) is 3.18. The van der Waals surface area contributed by atoms with Crippen molar-refractivity contribution in [1.82, 2.24) is 10.6 Å². The van der Waals surface area contributed by atoms with Crippen LogP contribution >= 0.6 is 35.3 Å². The van der Waals surface area contributed by atoms with Gasteiger partial charge in [-0.15, -0.1) is 24.0 Å². The second kappa shape index (κ2) is 12.9. The first-order valence-electron chi connectivity index (χ1n) is 8.40. The van der Waals surface area contributed by atoms with E-state index in [2.05, 4.69) is 51.5 Å². The fraction of sp³-hybridized carbons (Fsp3) is 0.421. The second-order valence-corrected chi connectivity index (χ2v) is 6.53. The molecule has 0 saturated carbocycles. The van der Waals surface area contributed by atoms with Gasteiger partial charge in [-0.25, -0.2) is 0 Å². The molecule has 0 spiro atoms. The Morgan fingerprint density at radius 3 is 2.54 bits per heavy atom. The van der Waals surface area contributed by atoms with Crippen molar-refractivity contribution in [3.05, 3.63) is 52.2 Å². The van der Waals surface area contributed by atoms with Gasteiger partial charge in [-0.3, -0.25) is 4.99 Å². The highest BCUT2D eigenvalue weighted by Crippen LogP contribution is 2.17. The zero-order valence-corrected chi connectivity index (χ0v) is 18.7. The molecule has 2 rings (SSSR count). The number of benzene rings is 1. The van der Waals surface area contributed by atoms with Crippen molar-refractivity contribution >= 4 is 41.3 Å². The summed E-state index contributed by atoms with van der Waals surface area (Å²) in [5.74, 6) is 2.11. The van der Waals surface area contributed by atoms with Crippen molar-refractivity contribution < 1.29 is 9.47 Å². The zero-order chi connectivity index (χ0) is 17.9. The van der Waals surface area contributed by atoms with E-state index < -0.39 is 0 Å². The molecule has 0 aliphatic carbocycles. The van der Waals surface area contributed by atoms with Gasteiger partial charge in [0.1, 0.15) is 12.4 Å². The molecule has 0 amide bonds. The van der Waals surface area contributed by atoms with E-state index in [0.29, 0.717) is 25.7 Å². The van der Waals surface area contributed by atoms with E-state index in [0.717, 1.165) is 18.3 Å². The largest absolute Gasteiger partial charge is 0.491 e. The Bertz CT molecular complexity index is 633. The van der Waals surface area contributed by atoms with Crippen LogP contribution in [0.3, 0.4) is 0 Å². The van der Waals surface area contributed by atoms with Gasteiger partial charge in [0.15, 0.2) is 5.96 Å². The quantitative estimate of drug-likeness (QED) is 0.243. The topological polar surface area (TPSA) is 54.9 Å². The fourth-order valence-electron chi connectivity index (χ4n) is 2.28. The molecule has 0 bridgehead atoms. The fourth-order valence-corrected chi connectivity index (χ4v) is 3.06. The number of ether oxygens (including phenoxy) is 2. The summed E-state index contributed by atoms with van der Waals surface area (Å²) in [6.07, 6.45) is 0. The lowest BCUT2D eigenvalue weighted by atomic mass is 10.1. The van der Waals surface area contributed by atoms with Crippen molar-refractivity contribution in [2.24, 2.45) is 4.99 Å². The number of methoxy groups -OCH3 is 1. The van der Waals surface area contributed by atoms with E-state index in [1.54, 1.807) is 25.5 Å². The summed E-state index contributed by atoms with van der Waals surface area (Å²) in [4.78, 5) is 4.28. The van der Waals surface area contributed by atoms with Crippen LogP contribution in [-0.4, -0.2) is 39.9 Å². The Labute approximate surface area is 177 Å². The SMILES string of the molecule is CN=C(NCc1ccc(OCCOC)cc1)NCC(C)c1ccsc1.I. The van der Waals surface area contributed by atoms with Gasteiger partial charge in [0, 0.05) is 27.2 Å². The standard InChI is InChI=1S/C19H27N3O2S.HI/c1-15(17-8-11-25-14-17)12-21-19(20-2)22-13-16-4-6-18(7-5-16)24-10-9-23-3;/h4-8,11,14-15H,9-10,12-13H2,1-3H3,(H2,20,21,22);1H. The Morgan fingerprint density at radius 2 is 1.92 bits per heavy atom. The number of hydrogen-bond donors (Lipinski definition) is 2. The molecule has 5 nitrogen and oxygen atoms in total. The van der Waals surface area contributed by atoms with Gasteiger partial charge in [0.2, 0.25) is 0 Å². The van der Waals surface area contributed by atoms with Crippen molar-refractivity contribution in [2.45, 2.75) is 19.4 Å². The predicted octanol–water partition coefficient (Wildman–Crippen LogP) is 3.86. The van der Waals surface area contributed by atoms with Crippen molar-refractivity contribution in [3.63, 3.8) is 0 Å². The number of rotatable bonds is 9. The third kappa shape index (κ3) is 7.92. The van der Waals surface area contributed by atoms with Crippen LogP contribution in [0.5, 0.6) is 5.75 Å². The Balaban J connectivity index is 0.00000338. The maximum absolute atomic E-state index is 5.57. The molecule has 1 unspecified atom stereocenters. The van der Waals surface area contributed by atoms with Crippen LogP contribution in [0.25, 0.3) is 0 Å². The maximum Gasteiger partial charge on any atom is 0.191 e. The van der Waals surface area contributed by atoms with Crippen LogP contribution in [-0.2, 0) is 11.3 Å². The van der Waals surface area contributed by atoms with Crippen LogP contribution < -0.4 is 15.4 Å². The van der Waals surface area contributed by atoms with Gasteiger partial charge < -0.3 is 20.1 Å². The molecule has 2 N–H and O–H groups in total. The normalized spacial score (nSPS) is 12.2. The lowest BCUT2D eigenvalue weighted by Gasteiger charge is -2.15. The molecular weight excluding hydrogens is 461 g/mol. The van der Waals surface area contributed by atoms with Crippen LogP contribution in [0.15, 0.2) is 46.1 Å². The Morgan fingerprint density at radius 1 is 1.15 bits per heavy atom. The average molecular weight is 489 g/mol. The van der Waals surface area contributed by atoms with Crippen LogP contribution in [0.2, 0.25) is 0 Å². The summed E-state index contributed by atoms with van der Waals surface area (Å²) in [5.41, 5.74) is 2.53. The molecule has 0 aliphatic rings. The van der Waals surface area contributed by atoms with E-state index >= 15 is 0 Å². The van der Waals surface area contributed by atoms with Gasteiger partial charge in [-0.1, -0.05) is 19.1 Å². The minimum atomic E-state index is 0. The number of nitrogens with one attached hydrogen (secondary N) is 2. The molecule has 144 valence electrons. The van der Waals surface area contributed by atoms with Crippen LogP contribution in [0.4, 0.5) is 0 Å². The van der Waals surface area contributed by atoms with E-state index in [1.807, 2.05) is 12.1 Å². The molecule has 0 aliphatic heterocycles. The predicted molar refractivity (Wildman–Crippen MR) is 120 cm³/mol. The van der Waals surface area contributed by atoms with Crippen molar-refractivity contribution in [3.8, 4) is 5.75 Å². The molecule has 2 aromatic rings. The molecule has 0 radical (unpaired) electrons. The lowest BCUT2D eigenvalue weighted by Crippen LogP contribution is -2.38. The number of aliphatic imine (C=N–C) groups is 1. The van der Waals surface area contributed by atoms with Crippen molar-refractivity contribution in [1.29, 1.82) is 0 Å². The molecular formula is C19H28IN3O2S. The van der Waals surface area contributed by atoms with E-state index in [-0.39, 0.29) is 24.0 Å². The molecule has 0 fully saturated rings. The summed E-state index contributed by atoms with van der Waals surface area (Å²) < 4.78 is 10.5. The molecule has 0 saturated heterocycles. The number of nitrogens with zero attached hydrogens (tertiary/aromatic N) is 1. The third-order valence-electron chi connectivity index (χ3n) is 3.85. The first kappa shape index (κ1) is 22.7. The van der Waals surface area contributed by atoms with Crippen LogP contribution in [0.1, 0.15) is 24.0 Å². The molecule has 26 heavy (non-hydrogen) atoms. The summed E-state index contributed by atoms with van der Waals surface area (Å²) >= 11 is 1.73. The first-order chi connectivity index (χ1) is 12.2. The zero-order valence-electron chi connectivity index (χ0n) is 15.5. The van der Waals surface area contributed by atoms with E-state index in [1.165, 1.54) is 11.1 Å². The van der Waals surface area contributed by atoms with Gasteiger partial charge in [0.25, 0.3) is 0 Å². The highest BCUT2D eigenvalue weighted by molar-refractivity contribution is 14.0. The third-order valence-corrected chi connectivity index (χ3v) is 4.55. The first-order valence-corrected chi connectivity index (χ1v) is 9.34. The van der Waals surface area contributed by atoms with Crippen molar-refractivity contribution in [2.75, 3.05) is 33.9 Å². The summed E-state index contributed by atoms with van der Waals surface area (Å²) in [7, 11) is 3.46. The molecule has 7 heteroatoms. The summed E-state index contributed by atoms with van der Waals surface area (Å²) in [5, 5.41) is 11.0. The highest BCUT2D eigenvalue weighted by atomic mass is 127. The smallest absolute Gasteiger partial charge is 0.191 e. The highest BCUT2D eigenvalue weighted by Gasteiger charge is 2.07. The van der Waals surface area contributed by atoms with Crippen LogP contribution in [0, 0.1) is 0 Å². The molecule has 1 heterocycles. The van der Waals surface area contributed by atoms with Gasteiger partial charge in [-0.05, 0) is 46.0 Å². The monoisotopic (exact) mass is 489 g/mol. The Hall–Kier alpha value is -1.32. The Kier molecular flexibility index (Phi) is 11.3. The van der Waals surface area contributed by atoms with Gasteiger partial charge >= 0.3 is 0 Å². The molecule has 1 aromatic heterocycles. The van der Waals surface area contributed by atoms with E-state index in [9.17, 15) is 0 Å². The minimum Gasteiger partial charge on any atom is -0.491 e. The van der Waals surface area contributed by atoms with E-state index in [4.69, 9.17) is 9.47 Å². The second-order valence-electron chi connectivity index (χ2n) is 5.75. The summed E-state index contributed by atoms with van der Waals surface area (Å²) in [6.45, 7) is 4.93. The maximum atomic E-state index is 5.57. The number of thiophene rings is 1. The minimum absolute atomic E-state index is 0. The van der Waals surface area contributed by atoms with Gasteiger partial charge in [0.05, 0.1) is 6.61 Å². The number of guanidine groups is 1. The lowest BCUT2D eigenvalue weighted by molar-refractivity contribution is 0.146. The number of halogens is 1. The number of hydrogen-bond acceptors (Lipinski definition) is 4. The summed E-state index contributed by atoms with van der Waals surface area (Å²) in [6, 6.07) is 10.2. The molecule has 1 aromatic carbocycles.